The highest BCUT2D eigenvalue weighted by atomic mass is 35.5. The number of hydrogen-bond donors (Lipinski definition) is 0. The second-order valence-corrected chi connectivity index (χ2v) is 5.35. The van der Waals surface area contributed by atoms with Crippen LogP contribution in [-0.4, -0.2) is 20.8 Å². The Morgan fingerprint density at radius 3 is 2.00 bits per heavy atom. The number of unbranched alkanes of at least 4 members (excludes halogenated alkanes) is 5. The molecular weight excluding hydrogens is 288 g/mol. The number of rotatable bonds is 11. The van der Waals surface area contributed by atoms with Crippen molar-refractivity contribution in [2.24, 2.45) is 0 Å². The number of methoxy groups -OCH3 is 2. The number of halogens is 1. The van der Waals surface area contributed by atoms with E-state index in [0.29, 0.717) is 29.7 Å². The van der Waals surface area contributed by atoms with E-state index in [1.165, 1.54) is 32.1 Å². The van der Waals surface area contributed by atoms with Gasteiger partial charge in [-0.25, -0.2) is 0 Å². The molecule has 0 radical (unpaired) electrons. The van der Waals surface area contributed by atoms with Gasteiger partial charge < -0.3 is 14.2 Å². The van der Waals surface area contributed by atoms with Gasteiger partial charge in [-0.2, -0.15) is 0 Å². The van der Waals surface area contributed by atoms with Gasteiger partial charge in [0.15, 0.2) is 11.5 Å². The van der Waals surface area contributed by atoms with Crippen molar-refractivity contribution >= 4 is 11.6 Å². The summed E-state index contributed by atoms with van der Waals surface area (Å²) in [5.74, 6) is 2.44. The molecule has 120 valence electrons. The molecule has 0 aromatic heterocycles. The summed E-state index contributed by atoms with van der Waals surface area (Å²) >= 11 is 5.87. The fraction of sp³-hybridized carbons (Fsp3) is 0.647. The van der Waals surface area contributed by atoms with Crippen LogP contribution in [0.25, 0.3) is 0 Å². The summed E-state index contributed by atoms with van der Waals surface area (Å²) in [7, 11) is 3.26. The lowest BCUT2D eigenvalue weighted by atomic mass is 10.1. The summed E-state index contributed by atoms with van der Waals surface area (Å²) in [5.41, 5.74) is 0.956. The van der Waals surface area contributed by atoms with Gasteiger partial charge in [0.05, 0.1) is 20.8 Å². The van der Waals surface area contributed by atoms with E-state index in [1.807, 2.05) is 12.1 Å². The predicted octanol–water partition coefficient (Wildman–Crippen LogP) is 5.18. The summed E-state index contributed by atoms with van der Waals surface area (Å²) in [5, 5.41) is 0. The van der Waals surface area contributed by atoms with Crippen LogP contribution < -0.4 is 14.2 Å². The monoisotopic (exact) mass is 314 g/mol. The minimum Gasteiger partial charge on any atom is -0.493 e. The molecule has 0 unspecified atom stereocenters. The first-order valence-corrected chi connectivity index (χ1v) is 8.23. The van der Waals surface area contributed by atoms with E-state index in [-0.39, 0.29) is 0 Å². The molecule has 0 bridgehead atoms. The molecule has 4 heteroatoms. The van der Waals surface area contributed by atoms with Crippen molar-refractivity contribution in [1.82, 2.24) is 0 Å². The van der Waals surface area contributed by atoms with Crippen molar-refractivity contribution in [1.29, 1.82) is 0 Å². The van der Waals surface area contributed by atoms with Crippen LogP contribution in [0.4, 0.5) is 0 Å². The molecule has 0 saturated carbocycles. The summed E-state index contributed by atoms with van der Waals surface area (Å²) in [4.78, 5) is 0. The van der Waals surface area contributed by atoms with E-state index in [9.17, 15) is 0 Å². The zero-order valence-corrected chi connectivity index (χ0v) is 14.2. The average Bonchev–Trinajstić information content (AvgIpc) is 2.53. The topological polar surface area (TPSA) is 27.7 Å². The quantitative estimate of drug-likeness (QED) is 0.416. The smallest absolute Gasteiger partial charge is 0.203 e. The molecule has 3 nitrogen and oxygen atoms in total. The van der Waals surface area contributed by atoms with Crippen LogP contribution in [-0.2, 0) is 5.88 Å². The molecule has 0 heterocycles. The Balaban J connectivity index is 2.53. The molecule has 0 aliphatic rings. The van der Waals surface area contributed by atoms with Crippen molar-refractivity contribution in [2.45, 2.75) is 51.3 Å². The third kappa shape index (κ3) is 6.04. The Morgan fingerprint density at radius 1 is 0.905 bits per heavy atom. The van der Waals surface area contributed by atoms with Crippen molar-refractivity contribution in [3.63, 3.8) is 0 Å². The molecule has 1 rings (SSSR count). The minimum atomic E-state index is 0.421. The van der Waals surface area contributed by atoms with Crippen LogP contribution >= 0.6 is 11.6 Å². The molecular formula is C17H27ClO3. The molecule has 0 N–H and O–H groups in total. The fourth-order valence-electron chi connectivity index (χ4n) is 2.21. The van der Waals surface area contributed by atoms with Crippen LogP contribution in [0.15, 0.2) is 12.1 Å². The maximum atomic E-state index is 5.87. The van der Waals surface area contributed by atoms with Crippen LogP contribution in [0.5, 0.6) is 17.2 Å². The molecule has 0 aliphatic carbocycles. The van der Waals surface area contributed by atoms with Crippen LogP contribution in [0.1, 0.15) is 51.0 Å². The molecule has 21 heavy (non-hydrogen) atoms. The largest absolute Gasteiger partial charge is 0.493 e. The van der Waals surface area contributed by atoms with Gasteiger partial charge in [0, 0.05) is 5.88 Å². The first-order chi connectivity index (χ1) is 10.3. The van der Waals surface area contributed by atoms with Gasteiger partial charge >= 0.3 is 0 Å². The second-order valence-electron chi connectivity index (χ2n) is 5.08. The highest BCUT2D eigenvalue weighted by Gasteiger charge is 2.13. The lowest BCUT2D eigenvalue weighted by Gasteiger charge is -2.15. The van der Waals surface area contributed by atoms with E-state index >= 15 is 0 Å². The summed E-state index contributed by atoms with van der Waals surface area (Å²) < 4.78 is 16.6. The molecule has 0 amide bonds. The van der Waals surface area contributed by atoms with Gasteiger partial charge in [0.1, 0.15) is 0 Å². The van der Waals surface area contributed by atoms with Crippen LogP contribution in [0.3, 0.4) is 0 Å². The second kappa shape index (κ2) is 10.6. The minimum absolute atomic E-state index is 0.421. The summed E-state index contributed by atoms with van der Waals surface area (Å²) in [6, 6.07) is 3.79. The van der Waals surface area contributed by atoms with Gasteiger partial charge in [0.2, 0.25) is 5.75 Å². The Hall–Kier alpha value is -1.09. The molecule has 1 aromatic carbocycles. The van der Waals surface area contributed by atoms with Crippen molar-refractivity contribution < 1.29 is 14.2 Å². The first-order valence-electron chi connectivity index (χ1n) is 7.70. The highest BCUT2D eigenvalue weighted by Crippen LogP contribution is 2.39. The molecule has 0 saturated heterocycles. The molecule has 0 aliphatic heterocycles. The Kier molecular flexibility index (Phi) is 9.07. The average molecular weight is 315 g/mol. The number of alkyl halides is 1. The van der Waals surface area contributed by atoms with Crippen LogP contribution in [0.2, 0.25) is 0 Å². The van der Waals surface area contributed by atoms with Gasteiger partial charge in [-0.05, 0) is 24.1 Å². The lowest BCUT2D eigenvalue weighted by molar-refractivity contribution is 0.267. The van der Waals surface area contributed by atoms with E-state index < -0.39 is 0 Å². The summed E-state index contributed by atoms with van der Waals surface area (Å²) in [6.45, 7) is 2.91. The lowest BCUT2D eigenvalue weighted by Crippen LogP contribution is -2.02. The van der Waals surface area contributed by atoms with E-state index in [1.54, 1.807) is 14.2 Å². The maximum absolute atomic E-state index is 5.87. The third-order valence-corrected chi connectivity index (χ3v) is 3.73. The number of hydrogen-bond acceptors (Lipinski definition) is 3. The van der Waals surface area contributed by atoms with Gasteiger partial charge in [-0.1, -0.05) is 39.0 Å². The van der Waals surface area contributed by atoms with Gasteiger partial charge in [0.25, 0.3) is 0 Å². The van der Waals surface area contributed by atoms with Crippen molar-refractivity contribution in [3.8, 4) is 17.2 Å². The highest BCUT2D eigenvalue weighted by molar-refractivity contribution is 6.17. The van der Waals surface area contributed by atoms with Crippen LogP contribution in [0, 0.1) is 0 Å². The fourth-order valence-corrected chi connectivity index (χ4v) is 2.36. The van der Waals surface area contributed by atoms with E-state index in [0.717, 1.165) is 12.0 Å². The zero-order chi connectivity index (χ0) is 15.5. The molecule has 0 spiro atoms. The molecule has 0 fully saturated rings. The normalized spacial score (nSPS) is 10.5. The SMILES string of the molecule is CCCCCCCCOc1c(OC)cc(CCl)cc1OC. The predicted molar refractivity (Wildman–Crippen MR) is 88.0 cm³/mol. The Labute approximate surface area is 133 Å². The van der Waals surface area contributed by atoms with Crippen molar-refractivity contribution in [2.75, 3.05) is 20.8 Å². The number of ether oxygens (including phenoxy) is 3. The third-order valence-electron chi connectivity index (χ3n) is 3.42. The van der Waals surface area contributed by atoms with Gasteiger partial charge in [-0.3, -0.25) is 0 Å². The number of benzene rings is 1. The van der Waals surface area contributed by atoms with Gasteiger partial charge in [-0.15, -0.1) is 11.6 Å². The van der Waals surface area contributed by atoms with E-state index in [2.05, 4.69) is 6.92 Å². The maximum Gasteiger partial charge on any atom is 0.203 e. The Morgan fingerprint density at radius 2 is 1.48 bits per heavy atom. The first kappa shape index (κ1) is 18.0. The van der Waals surface area contributed by atoms with Crippen molar-refractivity contribution in [3.05, 3.63) is 17.7 Å². The molecule has 1 aromatic rings. The zero-order valence-electron chi connectivity index (χ0n) is 13.4. The summed E-state index contributed by atoms with van der Waals surface area (Å²) in [6.07, 6.45) is 7.43. The Bertz CT molecular complexity index is 382. The standard InChI is InChI=1S/C17H27ClO3/c1-4-5-6-7-8-9-10-21-17-15(19-2)11-14(13-18)12-16(17)20-3/h11-12H,4-10,13H2,1-3H3. The van der Waals surface area contributed by atoms with E-state index in [4.69, 9.17) is 25.8 Å². The molecule has 0 atom stereocenters.